The zero-order valence-electron chi connectivity index (χ0n) is 8.10. The van der Waals surface area contributed by atoms with Crippen LogP contribution in [0.15, 0.2) is 24.5 Å². The van der Waals surface area contributed by atoms with Gasteiger partial charge in [0.15, 0.2) is 0 Å². The summed E-state index contributed by atoms with van der Waals surface area (Å²) in [4.78, 5) is 7.08. The minimum atomic E-state index is 0.718. The molecule has 2 nitrogen and oxygen atoms in total. The quantitative estimate of drug-likeness (QED) is 0.734. The second-order valence-corrected chi connectivity index (χ2v) is 5.09. The molecule has 1 fully saturated rings. The lowest BCUT2D eigenvalue weighted by molar-refractivity contribution is 0.751. The highest BCUT2D eigenvalue weighted by Gasteiger charge is 2.26. The molecule has 2 heterocycles. The molecule has 2 aromatic heterocycles. The van der Waals surface area contributed by atoms with Gasteiger partial charge in [0, 0.05) is 23.3 Å². The number of nitrogens with zero attached hydrogens (tertiary/aromatic N) is 2. The van der Waals surface area contributed by atoms with Gasteiger partial charge < -0.3 is 4.57 Å². The van der Waals surface area contributed by atoms with Crippen molar-refractivity contribution in [3.63, 3.8) is 0 Å². The molecule has 0 N–H and O–H groups in total. The average molecular weight is 204 g/mol. The van der Waals surface area contributed by atoms with E-state index in [-0.39, 0.29) is 0 Å². The summed E-state index contributed by atoms with van der Waals surface area (Å²) in [5.41, 5.74) is 0. The molecule has 0 aromatic carbocycles. The van der Waals surface area contributed by atoms with Crippen molar-refractivity contribution in [1.82, 2.24) is 9.55 Å². The molecular weight excluding hydrogens is 192 g/mol. The Bertz CT molecular complexity index is 451. The highest BCUT2D eigenvalue weighted by Crippen LogP contribution is 2.39. The van der Waals surface area contributed by atoms with Crippen LogP contribution >= 0.6 is 11.3 Å². The molecule has 0 spiro atoms. The number of aromatic nitrogens is 2. The first-order valence-corrected chi connectivity index (χ1v) is 5.76. The molecule has 0 unspecified atom stereocenters. The van der Waals surface area contributed by atoms with Crippen molar-refractivity contribution in [3.8, 4) is 10.7 Å². The molecule has 0 saturated heterocycles. The first-order chi connectivity index (χ1) is 6.84. The zero-order valence-corrected chi connectivity index (χ0v) is 8.92. The maximum absolute atomic E-state index is 4.43. The van der Waals surface area contributed by atoms with Gasteiger partial charge in [-0.1, -0.05) is 0 Å². The summed E-state index contributed by atoms with van der Waals surface area (Å²) in [6, 6.07) is 5.04. The number of imidazole rings is 1. The van der Waals surface area contributed by atoms with Crippen LogP contribution in [0.1, 0.15) is 23.8 Å². The molecule has 1 aliphatic carbocycles. The molecule has 3 heteroatoms. The van der Waals surface area contributed by atoms with Gasteiger partial charge in [-0.3, -0.25) is 0 Å². The predicted molar refractivity (Wildman–Crippen MR) is 58.5 cm³/mol. The lowest BCUT2D eigenvalue weighted by Gasteiger charge is -2.02. The monoisotopic (exact) mass is 204 g/mol. The second kappa shape index (κ2) is 2.95. The summed E-state index contributed by atoms with van der Waals surface area (Å²) >= 11 is 1.82. The number of thiophene rings is 1. The van der Waals surface area contributed by atoms with Crippen LogP contribution in [0.4, 0.5) is 0 Å². The summed E-state index contributed by atoms with van der Waals surface area (Å²) in [5.74, 6) is 1.14. The highest BCUT2D eigenvalue weighted by molar-refractivity contribution is 7.15. The van der Waals surface area contributed by atoms with Gasteiger partial charge in [0.25, 0.3) is 0 Å². The van der Waals surface area contributed by atoms with Gasteiger partial charge in [0.1, 0.15) is 5.82 Å². The van der Waals surface area contributed by atoms with Crippen molar-refractivity contribution in [3.05, 3.63) is 29.4 Å². The molecule has 2 aromatic rings. The van der Waals surface area contributed by atoms with Crippen LogP contribution in [0.25, 0.3) is 10.7 Å². The lowest BCUT2D eigenvalue weighted by atomic mass is 10.4. The van der Waals surface area contributed by atoms with E-state index in [0.717, 1.165) is 11.9 Å². The molecular formula is C11H12N2S. The maximum atomic E-state index is 4.43. The van der Waals surface area contributed by atoms with Crippen LogP contribution in [0.5, 0.6) is 0 Å². The summed E-state index contributed by atoms with van der Waals surface area (Å²) in [5, 5.41) is 0. The van der Waals surface area contributed by atoms with E-state index in [0.29, 0.717) is 0 Å². The fourth-order valence-corrected chi connectivity index (χ4v) is 2.57. The van der Waals surface area contributed by atoms with Crippen molar-refractivity contribution in [2.45, 2.75) is 25.8 Å². The van der Waals surface area contributed by atoms with Crippen molar-refractivity contribution in [1.29, 1.82) is 0 Å². The Morgan fingerprint density at radius 2 is 2.29 bits per heavy atom. The summed E-state index contributed by atoms with van der Waals surface area (Å²) in [6.45, 7) is 2.14. The SMILES string of the molecule is Cc1ccc(-c2nccn2C2CC2)s1. The second-order valence-electron chi connectivity index (χ2n) is 3.80. The fraction of sp³-hybridized carbons (Fsp3) is 0.364. The van der Waals surface area contributed by atoms with Gasteiger partial charge in [-0.25, -0.2) is 4.98 Å². The molecule has 0 amide bonds. The molecule has 1 saturated carbocycles. The van der Waals surface area contributed by atoms with Gasteiger partial charge in [0.2, 0.25) is 0 Å². The van der Waals surface area contributed by atoms with E-state index in [1.54, 1.807) is 0 Å². The third kappa shape index (κ3) is 1.28. The highest BCUT2D eigenvalue weighted by atomic mass is 32.1. The van der Waals surface area contributed by atoms with E-state index in [4.69, 9.17) is 0 Å². The molecule has 0 atom stereocenters. The van der Waals surface area contributed by atoms with E-state index in [9.17, 15) is 0 Å². The standard InChI is InChI=1S/C11H12N2S/c1-8-2-5-10(14-8)11-12-6-7-13(11)9-3-4-9/h2,5-7,9H,3-4H2,1H3. The van der Waals surface area contributed by atoms with E-state index in [1.807, 2.05) is 17.5 Å². The first-order valence-electron chi connectivity index (χ1n) is 4.94. The molecule has 0 radical (unpaired) electrons. The smallest absolute Gasteiger partial charge is 0.150 e. The maximum Gasteiger partial charge on any atom is 0.150 e. The van der Waals surface area contributed by atoms with Crippen LogP contribution in [0.2, 0.25) is 0 Å². The van der Waals surface area contributed by atoms with E-state index in [2.05, 4.69) is 34.8 Å². The fourth-order valence-electron chi connectivity index (χ4n) is 1.71. The van der Waals surface area contributed by atoms with E-state index >= 15 is 0 Å². The Balaban J connectivity index is 2.06. The van der Waals surface area contributed by atoms with Crippen molar-refractivity contribution >= 4 is 11.3 Å². The molecule has 3 rings (SSSR count). The summed E-state index contributed by atoms with van der Waals surface area (Å²) in [6.07, 6.45) is 6.63. The molecule has 1 aliphatic rings. The van der Waals surface area contributed by atoms with Crippen LogP contribution in [-0.2, 0) is 0 Å². The molecule has 72 valence electrons. The van der Waals surface area contributed by atoms with Crippen LogP contribution in [0.3, 0.4) is 0 Å². The average Bonchev–Trinajstić information content (AvgIpc) is 2.75. The van der Waals surface area contributed by atoms with Crippen molar-refractivity contribution in [2.24, 2.45) is 0 Å². The first kappa shape index (κ1) is 8.24. The van der Waals surface area contributed by atoms with Crippen LogP contribution in [-0.4, -0.2) is 9.55 Å². The number of hydrogen-bond acceptors (Lipinski definition) is 2. The Kier molecular flexibility index (Phi) is 1.74. The van der Waals surface area contributed by atoms with E-state index in [1.165, 1.54) is 22.6 Å². The molecule has 0 bridgehead atoms. The Hall–Kier alpha value is -1.09. The topological polar surface area (TPSA) is 17.8 Å². The summed E-state index contributed by atoms with van der Waals surface area (Å²) in [7, 11) is 0. The van der Waals surface area contributed by atoms with Gasteiger partial charge in [-0.15, -0.1) is 11.3 Å². The zero-order chi connectivity index (χ0) is 9.54. The van der Waals surface area contributed by atoms with Crippen LogP contribution < -0.4 is 0 Å². The Morgan fingerprint density at radius 3 is 2.93 bits per heavy atom. The third-order valence-electron chi connectivity index (χ3n) is 2.57. The van der Waals surface area contributed by atoms with E-state index < -0.39 is 0 Å². The van der Waals surface area contributed by atoms with Gasteiger partial charge in [-0.2, -0.15) is 0 Å². The predicted octanol–water partition coefficient (Wildman–Crippen LogP) is 3.25. The van der Waals surface area contributed by atoms with Gasteiger partial charge in [-0.05, 0) is 31.9 Å². The lowest BCUT2D eigenvalue weighted by Crippen LogP contribution is -1.93. The third-order valence-corrected chi connectivity index (χ3v) is 3.57. The normalized spacial score (nSPS) is 16.1. The number of hydrogen-bond donors (Lipinski definition) is 0. The number of rotatable bonds is 2. The largest absolute Gasteiger partial charge is 0.327 e. The Labute approximate surface area is 87.2 Å². The summed E-state index contributed by atoms with van der Waals surface area (Å²) < 4.78 is 2.31. The van der Waals surface area contributed by atoms with Crippen molar-refractivity contribution < 1.29 is 0 Å². The molecule has 14 heavy (non-hydrogen) atoms. The van der Waals surface area contributed by atoms with Gasteiger partial charge >= 0.3 is 0 Å². The van der Waals surface area contributed by atoms with Crippen LogP contribution in [0, 0.1) is 6.92 Å². The Morgan fingerprint density at radius 1 is 1.43 bits per heavy atom. The molecule has 0 aliphatic heterocycles. The minimum Gasteiger partial charge on any atom is -0.327 e. The number of aryl methyl sites for hydroxylation is 1. The minimum absolute atomic E-state index is 0.718. The van der Waals surface area contributed by atoms with Crippen molar-refractivity contribution in [2.75, 3.05) is 0 Å². The van der Waals surface area contributed by atoms with Gasteiger partial charge in [0.05, 0.1) is 4.88 Å².